The standard InChI is InChI=1S/C8H12N2O2/c1-5-7(6-4-12-6)8(11-3)10(2)9-5/h6H,4H2,1-3H3/t6-/m0/s1. The van der Waals surface area contributed by atoms with Gasteiger partial charge in [-0.1, -0.05) is 0 Å². The van der Waals surface area contributed by atoms with Crippen molar-refractivity contribution in [3.05, 3.63) is 11.3 Å². The maximum absolute atomic E-state index is 5.22. The summed E-state index contributed by atoms with van der Waals surface area (Å²) in [7, 11) is 3.53. The van der Waals surface area contributed by atoms with Gasteiger partial charge in [0.05, 0.1) is 25.0 Å². The molecule has 2 rings (SSSR count). The largest absolute Gasteiger partial charge is 0.481 e. The molecule has 2 heterocycles. The number of aromatic nitrogens is 2. The number of epoxide rings is 1. The van der Waals surface area contributed by atoms with Gasteiger partial charge in [0.25, 0.3) is 0 Å². The molecule has 1 fully saturated rings. The molecule has 0 aliphatic carbocycles. The Balaban J connectivity index is 2.47. The van der Waals surface area contributed by atoms with Crippen LogP contribution in [-0.4, -0.2) is 23.5 Å². The Morgan fingerprint density at radius 1 is 1.67 bits per heavy atom. The maximum atomic E-state index is 5.22. The van der Waals surface area contributed by atoms with Gasteiger partial charge in [-0.15, -0.1) is 0 Å². The highest BCUT2D eigenvalue weighted by Gasteiger charge is 2.32. The van der Waals surface area contributed by atoms with Crippen LogP contribution in [-0.2, 0) is 11.8 Å². The Bertz CT molecular complexity index is 302. The van der Waals surface area contributed by atoms with Gasteiger partial charge in [0.2, 0.25) is 5.88 Å². The van der Waals surface area contributed by atoms with E-state index in [2.05, 4.69) is 5.10 Å². The second kappa shape index (κ2) is 2.48. The number of rotatable bonds is 2. The second-order valence-electron chi connectivity index (χ2n) is 2.95. The normalized spacial score (nSPS) is 21.1. The van der Waals surface area contributed by atoms with E-state index >= 15 is 0 Å². The van der Waals surface area contributed by atoms with Crippen molar-refractivity contribution in [3.8, 4) is 5.88 Å². The highest BCUT2D eigenvalue weighted by atomic mass is 16.6. The Kier molecular flexibility index (Phi) is 1.58. The van der Waals surface area contributed by atoms with Crippen molar-refractivity contribution in [2.45, 2.75) is 13.0 Å². The molecule has 1 aliphatic heterocycles. The van der Waals surface area contributed by atoms with Gasteiger partial charge < -0.3 is 9.47 Å². The molecule has 1 aromatic rings. The molecule has 1 aromatic heterocycles. The average molecular weight is 168 g/mol. The van der Waals surface area contributed by atoms with Crippen molar-refractivity contribution < 1.29 is 9.47 Å². The SMILES string of the molecule is COc1c([C@@H]2CO2)c(C)nn1C. The first-order valence-corrected chi connectivity index (χ1v) is 3.93. The molecule has 0 radical (unpaired) electrons. The summed E-state index contributed by atoms with van der Waals surface area (Å²) in [6, 6.07) is 0. The minimum absolute atomic E-state index is 0.216. The first kappa shape index (κ1) is 7.61. The van der Waals surface area contributed by atoms with Crippen LogP contribution in [0.1, 0.15) is 17.4 Å². The van der Waals surface area contributed by atoms with E-state index in [1.54, 1.807) is 11.8 Å². The van der Waals surface area contributed by atoms with E-state index in [4.69, 9.17) is 9.47 Å². The van der Waals surface area contributed by atoms with Crippen LogP contribution < -0.4 is 4.74 Å². The molecule has 4 heteroatoms. The molecule has 0 amide bonds. The minimum atomic E-state index is 0.216. The molecule has 0 saturated carbocycles. The van der Waals surface area contributed by atoms with Crippen LogP contribution in [0.5, 0.6) is 5.88 Å². The van der Waals surface area contributed by atoms with Crippen LogP contribution in [0, 0.1) is 6.92 Å². The Morgan fingerprint density at radius 3 is 2.83 bits per heavy atom. The average Bonchev–Trinajstić information content (AvgIpc) is 2.78. The van der Waals surface area contributed by atoms with Crippen molar-refractivity contribution >= 4 is 0 Å². The summed E-state index contributed by atoms with van der Waals surface area (Å²) >= 11 is 0. The second-order valence-corrected chi connectivity index (χ2v) is 2.95. The molecule has 1 atom stereocenters. The number of aryl methyl sites for hydroxylation is 2. The predicted octanol–water partition coefficient (Wildman–Crippen LogP) is 0.808. The lowest BCUT2D eigenvalue weighted by molar-refractivity contribution is 0.357. The Hall–Kier alpha value is -1.03. The lowest BCUT2D eigenvalue weighted by Crippen LogP contribution is -1.96. The minimum Gasteiger partial charge on any atom is -0.481 e. The van der Waals surface area contributed by atoms with Crippen LogP contribution in [0.15, 0.2) is 0 Å². The van der Waals surface area contributed by atoms with Crippen LogP contribution in [0.2, 0.25) is 0 Å². The quantitative estimate of drug-likeness (QED) is 0.613. The van der Waals surface area contributed by atoms with Gasteiger partial charge >= 0.3 is 0 Å². The van der Waals surface area contributed by atoms with E-state index < -0.39 is 0 Å². The fourth-order valence-corrected chi connectivity index (χ4v) is 1.48. The van der Waals surface area contributed by atoms with Gasteiger partial charge in [-0.25, -0.2) is 4.68 Å². The summed E-state index contributed by atoms with van der Waals surface area (Å²) in [6.45, 7) is 2.77. The third-order valence-corrected chi connectivity index (χ3v) is 2.06. The van der Waals surface area contributed by atoms with Crippen LogP contribution in [0.4, 0.5) is 0 Å². The van der Waals surface area contributed by atoms with E-state index in [0.29, 0.717) is 0 Å². The van der Waals surface area contributed by atoms with Crippen molar-refractivity contribution in [2.24, 2.45) is 7.05 Å². The summed E-state index contributed by atoms with van der Waals surface area (Å²) in [4.78, 5) is 0. The zero-order valence-corrected chi connectivity index (χ0v) is 7.50. The van der Waals surface area contributed by atoms with Gasteiger partial charge in [0.15, 0.2) is 0 Å². The van der Waals surface area contributed by atoms with Crippen LogP contribution in [0.3, 0.4) is 0 Å². The number of nitrogens with zero attached hydrogens (tertiary/aromatic N) is 2. The van der Waals surface area contributed by atoms with Gasteiger partial charge in [0, 0.05) is 7.05 Å². The van der Waals surface area contributed by atoms with E-state index in [1.165, 1.54) is 0 Å². The lowest BCUT2D eigenvalue weighted by atomic mass is 10.2. The third kappa shape index (κ3) is 0.992. The molecule has 1 saturated heterocycles. The third-order valence-electron chi connectivity index (χ3n) is 2.06. The molecule has 0 spiro atoms. The summed E-state index contributed by atoms with van der Waals surface area (Å²) in [5.74, 6) is 0.815. The van der Waals surface area contributed by atoms with Crippen molar-refractivity contribution in [1.82, 2.24) is 9.78 Å². The number of ether oxygens (including phenoxy) is 2. The molecule has 0 bridgehead atoms. The van der Waals surface area contributed by atoms with Crippen LogP contribution in [0.25, 0.3) is 0 Å². The fourth-order valence-electron chi connectivity index (χ4n) is 1.48. The first-order valence-electron chi connectivity index (χ1n) is 3.93. The molecule has 0 unspecified atom stereocenters. The predicted molar refractivity (Wildman–Crippen MR) is 43.2 cm³/mol. The summed E-state index contributed by atoms with van der Waals surface area (Å²) in [5.41, 5.74) is 2.09. The van der Waals surface area contributed by atoms with Gasteiger partial charge in [-0.05, 0) is 6.92 Å². The zero-order chi connectivity index (χ0) is 8.72. The fraction of sp³-hybridized carbons (Fsp3) is 0.625. The molecule has 66 valence electrons. The molecule has 4 nitrogen and oxygen atoms in total. The smallest absolute Gasteiger partial charge is 0.217 e. The van der Waals surface area contributed by atoms with Crippen molar-refractivity contribution in [2.75, 3.05) is 13.7 Å². The lowest BCUT2D eigenvalue weighted by Gasteiger charge is -2.00. The van der Waals surface area contributed by atoms with Gasteiger partial charge in [-0.3, -0.25) is 0 Å². The molecule has 0 N–H and O–H groups in total. The molecular formula is C8H12N2O2. The van der Waals surface area contributed by atoms with E-state index in [1.807, 2.05) is 14.0 Å². The van der Waals surface area contributed by atoms with E-state index in [0.717, 1.165) is 23.7 Å². The van der Waals surface area contributed by atoms with E-state index in [-0.39, 0.29) is 6.10 Å². The Morgan fingerprint density at radius 2 is 2.33 bits per heavy atom. The highest BCUT2D eigenvalue weighted by Crippen LogP contribution is 2.37. The first-order chi connectivity index (χ1) is 5.74. The van der Waals surface area contributed by atoms with Crippen LogP contribution >= 0.6 is 0 Å². The van der Waals surface area contributed by atoms with Gasteiger partial charge in [0.1, 0.15) is 6.10 Å². The van der Waals surface area contributed by atoms with E-state index in [9.17, 15) is 0 Å². The summed E-state index contributed by atoms with van der Waals surface area (Å²) in [5, 5.41) is 4.25. The molecule has 1 aliphatic rings. The molecule has 0 aromatic carbocycles. The monoisotopic (exact) mass is 168 g/mol. The Labute approximate surface area is 71.1 Å². The summed E-state index contributed by atoms with van der Waals surface area (Å²) < 4.78 is 12.2. The van der Waals surface area contributed by atoms with Crippen molar-refractivity contribution in [1.29, 1.82) is 0 Å². The maximum Gasteiger partial charge on any atom is 0.217 e. The highest BCUT2D eigenvalue weighted by molar-refractivity contribution is 5.35. The topological polar surface area (TPSA) is 39.6 Å². The zero-order valence-electron chi connectivity index (χ0n) is 7.50. The molecule has 12 heavy (non-hydrogen) atoms. The number of hydrogen-bond acceptors (Lipinski definition) is 3. The number of methoxy groups -OCH3 is 1. The van der Waals surface area contributed by atoms with Gasteiger partial charge in [-0.2, -0.15) is 5.10 Å². The van der Waals surface area contributed by atoms with Crippen molar-refractivity contribution in [3.63, 3.8) is 0 Å². The molecular weight excluding hydrogens is 156 g/mol. The number of hydrogen-bond donors (Lipinski definition) is 0. The summed E-state index contributed by atoms with van der Waals surface area (Å²) in [6.07, 6.45) is 0.216.